The Balaban J connectivity index is 1.77. The van der Waals surface area contributed by atoms with E-state index in [1.54, 1.807) is 49.9 Å². The molecule has 0 saturated heterocycles. The number of rotatable bonds is 9. The Bertz CT molecular complexity index is 1470. The van der Waals surface area contributed by atoms with Gasteiger partial charge in [-0.2, -0.15) is 0 Å². The number of carbonyl (C=O) groups is 3. The average molecular weight is 586 g/mol. The summed E-state index contributed by atoms with van der Waals surface area (Å²) in [6, 6.07) is 16.1. The first-order valence-electron chi connectivity index (χ1n) is 14.8. The second kappa shape index (κ2) is 12.9. The summed E-state index contributed by atoms with van der Waals surface area (Å²) in [5, 5.41) is 15.7. The summed E-state index contributed by atoms with van der Waals surface area (Å²) >= 11 is 0. The maximum Gasteiger partial charge on any atom is 0.408 e. The van der Waals surface area contributed by atoms with Crippen LogP contribution in [0.4, 0.5) is 10.5 Å². The number of carbonyl (C=O) groups excluding carboxylic acids is 3. The Morgan fingerprint density at radius 3 is 2.12 bits per heavy atom. The number of hydrogen-bond acceptors (Lipinski definition) is 5. The molecule has 2 atom stereocenters. The van der Waals surface area contributed by atoms with E-state index >= 15 is 0 Å². The van der Waals surface area contributed by atoms with Crippen LogP contribution in [-0.4, -0.2) is 45.6 Å². The topological polar surface area (TPSA) is 108 Å². The molecule has 1 aliphatic carbocycles. The van der Waals surface area contributed by atoms with Gasteiger partial charge in [0.05, 0.1) is 0 Å². The largest absolute Gasteiger partial charge is 0.508 e. The molecule has 1 saturated carbocycles. The van der Waals surface area contributed by atoms with Crippen LogP contribution in [0, 0.1) is 27.7 Å². The number of nitrogens with zero attached hydrogens (tertiary/aromatic N) is 1. The fourth-order valence-electron chi connectivity index (χ4n) is 5.32. The second-order valence-corrected chi connectivity index (χ2v) is 12.6. The van der Waals surface area contributed by atoms with Crippen molar-refractivity contribution in [1.29, 1.82) is 0 Å². The van der Waals surface area contributed by atoms with Crippen LogP contribution in [0.5, 0.6) is 5.75 Å². The molecule has 3 N–H and O–H groups in total. The van der Waals surface area contributed by atoms with E-state index in [1.807, 2.05) is 64.1 Å². The highest BCUT2D eigenvalue weighted by Gasteiger charge is 2.44. The van der Waals surface area contributed by atoms with E-state index in [1.165, 1.54) is 0 Å². The molecule has 1 aliphatic rings. The van der Waals surface area contributed by atoms with Crippen molar-refractivity contribution in [1.82, 2.24) is 10.2 Å². The van der Waals surface area contributed by atoms with Gasteiger partial charge in [-0.05, 0) is 101 Å². The molecule has 0 spiro atoms. The Kier molecular flexibility index (Phi) is 9.48. The van der Waals surface area contributed by atoms with Crippen molar-refractivity contribution in [3.63, 3.8) is 0 Å². The third-order valence-electron chi connectivity index (χ3n) is 7.54. The molecule has 0 radical (unpaired) electrons. The zero-order valence-corrected chi connectivity index (χ0v) is 26.2. The van der Waals surface area contributed by atoms with Crippen LogP contribution >= 0.6 is 0 Å². The standard InChI is InChI=1S/C35H43N3O5/c1-21-11-18-28(24(4)19-21)31(32(40)37-30-22(2)9-8-10-23(30)3)38(26-14-15-26)33(41)29(36-34(42)43-35(5,6)7)20-25-12-16-27(39)17-13-25/h8-13,16-19,26,29,31,39H,14-15,20H2,1-7H3,(H,36,42)(H,37,40). The van der Waals surface area contributed by atoms with Crippen LogP contribution in [0.2, 0.25) is 0 Å². The summed E-state index contributed by atoms with van der Waals surface area (Å²) in [6.07, 6.45) is 0.938. The first-order chi connectivity index (χ1) is 20.2. The summed E-state index contributed by atoms with van der Waals surface area (Å²) in [6.45, 7) is 13.1. The Morgan fingerprint density at radius 1 is 0.930 bits per heavy atom. The van der Waals surface area contributed by atoms with Gasteiger partial charge in [-0.1, -0.05) is 54.1 Å². The minimum Gasteiger partial charge on any atom is -0.508 e. The van der Waals surface area contributed by atoms with Crippen molar-refractivity contribution < 1.29 is 24.2 Å². The van der Waals surface area contributed by atoms with Gasteiger partial charge in [-0.15, -0.1) is 0 Å². The maximum absolute atomic E-state index is 14.6. The molecule has 0 bridgehead atoms. The van der Waals surface area contributed by atoms with Gasteiger partial charge in [-0.3, -0.25) is 9.59 Å². The van der Waals surface area contributed by atoms with Crippen LogP contribution in [0.3, 0.4) is 0 Å². The third kappa shape index (κ3) is 8.15. The van der Waals surface area contributed by atoms with Gasteiger partial charge in [0.2, 0.25) is 5.91 Å². The Morgan fingerprint density at radius 2 is 1.56 bits per heavy atom. The van der Waals surface area contributed by atoms with Crippen LogP contribution in [-0.2, 0) is 20.7 Å². The van der Waals surface area contributed by atoms with Gasteiger partial charge in [0.25, 0.3) is 5.91 Å². The number of phenolic OH excluding ortho intramolecular Hbond substituents is 1. The third-order valence-corrected chi connectivity index (χ3v) is 7.54. The van der Waals surface area contributed by atoms with Gasteiger partial charge in [0.1, 0.15) is 23.4 Å². The predicted molar refractivity (Wildman–Crippen MR) is 168 cm³/mol. The number of alkyl carbamates (subject to hydrolysis) is 1. The molecule has 8 nitrogen and oxygen atoms in total. The fourth-order valence-corrected chi connectivity index (χ4v) is 5.32. The first kappa shape index (κ1) is 31.6. The number of benzene rings is 3. The minimum absolute atomic E-state index is 0.101. The molecule has 228 valence electrons. The molecule has 8 heteroatoms. The number of amides is 3. The number of hydrogen-bond donors (Lipinski definition) is 3. The number of phenols is 1. The number of para-hydroxylation sites is 1. The monoisotopic (exact) mass is 585 g/mol. The highest BCUT2D eigenvalue weighted by atomic mass is 16.6. The zero-order valence-electron chi connectivity index (χ0n) is 26.2. The van der Waals surface area contributed by atoms with Gasteiger partial charge < -0.3 is 25.4 Å². The van der Waals surface area contributed by atoms with E-state index in [4.69, 9.17) is 4.74 Å². The number of nitrogens with one attached hydrogen (secondary N) is 2. The van der Waals surface area contributed by atoms with Crippen molar-refractivity contribution >= 4 is 23.6 Å². The molecule has 3 aromatic rings. The van der Waals surface area contributed by atoms with Gasteiger partial charge in [0, 0.05) is 18.2 Å². The SMILES string of the molecule is Cc1ccc(C(C(=O)Nc2c(C)cccc2C)N(C(=O)C(Cc2ccc(O)cc2)NC(=O)OC(C)(C)C)C2CC2)c(C)c1. The number of aromatic hydroxyl groups is 1. The van der Waals surface area contributed by atoms with E-state index in [-0.39, 0.29) is 30.0 Å². The number of ether oxygens (including phenoxy) is 1. The first-order valence-corrected chi connectivity index (χ1v) is 14.8. The molecule has 4 rings (SSSR count). The summed E-state index contributed by atoms with van der Waals surface area (Å²) in [7, 11) is 0. The van der Waals surface area contributed by atoms with Gasteiger partial charge in [-0.25, -0.2) is 4.79 Å². The number of aryl methyl sites for hydroxylation is 4. The average Bonchev–Trinajstić information content (AvgIpc) is 3.74. The molecule has 0 aromatic heterocycles. The fraction of sp³-hybridized carbons (Fsp3) is 0.400. The lowest BCUT2D eigenvalue weighted by atomic mass is 9.95. The molecule has 0 aliphatic heterocycles. The highest BCUT2D eigenvalue weighted by Crippen LogP contribution is 2.38. The second-order valence-electron chi connectivity index (χ2n) is 12.6. The lowest BCUT2D eigenvalue weighted by Gasteiger charge is -2.35. The predicted octanol–water partition coefficient (Wildman–Crippen LogP) is 6.43. The van der Waals surface area contributed by atoms with Crippen LogP contribution in [0.15, 0.2) is 60.7 Å². The lowest BCUT2D eigenvalue weighted by Crippen LogP contribution is -2.54. The summed E-state index contributed by atoms with van der Waals surface area (Å²) < 4.78 is 5.52. The van der Waals surface area contributed by atoms with E-state index in [2.05, 4.69) is 10.6 Å². The minimum atomic E-state index is -1.01. The van der Waals surface area contributed by atoms with Crippen LogP contribution < -0.4 is 10.6 Å². The zero-order chi connectivity index (χ0) is 31.5. The van der Waals surface area contributed by atoms with E-state index in [9.17, 15) is 19.5 Å². The van der Waals surface area contributed by atoms with E-state index in [0.29, 0.717) is 0 Å². The highest BCUT2D eigenvalue weighted by molar-refractivity contribution is 6.00. The van der Waals surface area contributed by atoms with Gasteiger partial charge in [0.15, 0.2) is 0 Å². The Labute approximate surface area is 254 Å². The normalized spacial score (nSPS) is 14.4. The summed E-state index contributed by atoms with van der Waals surface area (Å²) in [4.78, 5) is 43.6. The smallest absolute Gasteiger partial charge is 0.408 e. The van der Waals surface area contributed by atoms with Crippen molar-refractivity contribution in [3.05, 3.63) is 94.0 Å². The summed E-state index contributed by atoms with van der Waals surface area (Å²) in [5.74, 6) is -0.585. The molecule has 2 unspecified atom stereocenters. The van der Waals surface area contributed by atoms with Gasteiger partial charge >= 0.3 is 6.09 Å². The quantitative estimate of drug-likeness (QED) is 0.268. The molecule has 43 heavy (non-hydrogen) atoms. The molecule has 3 aromatic carbocycles. The van der Waals surface area contributed by atoms with Crippen molar-refractivity contribution in [3.8, 4) is 5.75 Å². The van der Waals surface area contributed by atoms with E-state index in [0.717, 1.165) is 51.9 Å². The van der Waals surface area contributed by atoms with Crippen molar-refractivity contribution in [2.75, 3.05) is 5.32 Å². The van der Waals surface area contributed by atoms with Crippen molar-refractivity contribution in [2.45, 2.75) is 91.5 Å². The molecular weight excluding hydrogens is 542 g/mol. The number of anilines is 1. The molecule has 0 heterocycles. The van der Waals surface area contributed by atoms with E-state index < -0.39 is 23.8 Å². The Hall–Kier alpha value is -4.33. The van der Waals surface area contributed by atoms with Crippen molar-refractivity contribution in [2.24, 2.45) is 0 Å². The summed E-state index contributed by atoms with van der Waals surface area (Å²) in [5.41, 5.74) is 5.23. The molecule has 3 amide bonds. The lowest BCUT2D eigenvalue weighted by molar-refractivity contribution is -0.141. The molecule has 1 fully saturated rings. The van der Waals surface area contributed by atoms with Crippen LogP contribution in [0.1, 0.15) is 73.0 Å². The van der Waals surface area contributed by atoms with Crippen LogP contribution in [0.25, 0.3) is 0 Å². The maximum atomic E-state index is 14.6. The molecular formula is C35H43N3O5.